The van der Waals surface area contributed by atoms with E-state index in [0.29, 0.717) is 36.5 Å². The van der Waals surface area contributed by atoms with Crippen LogP contribution < -0.4 is 27.4 Å². The number of carbonyl (C=O) groups is 4. The molecule has 0 aliphatic carbocycles. The Kier molecular flexibility index (Phi) is 10.2. The van der Waals surface area contributed by atoms with Crippen molar-refractivity contribution in [3.8, 4) is 0 Å². The predicted octanol–water partition coefficient (Wildman–Crippen LogP) is 1.53. The fourth-order valence-corrected chi connectivity index (χ4v) is 6.93. The number of carbonyl (C=O) groups excluding carboxylic acids is 4. The number of para-hydroxylation sites is 1. The van der Waals surface area contributed by atoms with Gasteiger partial charge in [-0.1, -0.05) is 42.5 Å². The number of nitrogens with one attached hydrogen (secondary N) is 3. The van der Waals surface area contributed by atoms with Crippen molar-refractivity contribution in [1.29, 1.82) is 0 Å². The Morgan fingerprint density at radius 1 is 1.12 bits per heavy atom. The molecule has 2 saturated heterocycles. The third-order valence-corrected chi connectivity index (χ3v) is 9.15. The number of aliphatic hydroxyl groups is 1. The monoisotopic (exact) mass is 679 g/mol. The Labute approximate surface area is 281 Å². The zero-order valence-corrected chi connectivity index (χ0v) is 27.8. The quantitative estimate of drug-likeness (QED) is 0.142. The number of thiazole rings is 1. The van der Waals surface area contributed by atoms with E-state index in [-0.39, 0.29) is 13.0 Å². The van der Waals surface area contributed by atoms with Crippen molar-refractivity contribution in [2.24, 2.45) is 16.5 Å². The van der Waals surface area contributed by atoms with Gasteiger partial charge in [0.15, 0.2) is 5.96 Å². The van der Waals surface area contributed by atoms with Crippen molar-refractivity contribution in [2.45, 2.75) is 69.4 Å². The number of urea groups is 1. The molecule has 16 heteroatoms. The lowest BCUT2D eigenvalue weighted by molar-refractivity contribution is -0.167. The van der Waals surface area contributed by atoms with Gasteiger partial charge in [-0.2, -0.15) is 4.99 Å². The fraction of sp³-hybridized carbons (Fsp3) is 0.438. The summed E-state index contributed by atoms with van der Waals surface area (Å²) in [6.45, 7) is 5.78. The Morgan fingerprint density at radius 3 is 2.52 bits per heavy atom. The van der Waals surface area contributed by atoms with E-state index in [1.807, 2.05) is 48.5 Å². The topological polar surface area (TPSA) is 218 Å². The van der Waals surface area contributed by atoms with Gasteiger partial charge in [0.2, 0.25) is 5.91 Å². The molecule has 2 fully saturated rings. The Morgan fingerprint density at radius 2 is 1.83 bits per heavy atom. The summed E-state index contributed by atoms with van der Waals surface area (Å²) in [4.78, 5) is 61.8. The van der Waals surface area contributed by atoms with Gasteiger partial charge >= 0.3 is 12.1 Å². The number of aliphatic imine (C=N–C) groups is 1. The lowest BCUT2D eigenvalue weighted by Gasteiger charge is -2.46. The first kappa shape index (κ1) is 34.5. The molecule has 2 aromatic carbocycles. The maximum absolute atomic E-state index is 14.5. The van der Waals surface area contributed by atoms with Crippen LogP contribution in [0.5, 0.6) is 0 Å². The van der Waals surface area contributed by atoms with E-state index in [4.69, 9.17) is 16.2 Å². The summed E-state index contributed by atoms with van der Waals surface area (Å²) >= 11 is 1.25. The molecule has 5 amide bonds. The van der Waals surface area contributed by atoms with Crippen molar-refractivity contribution in [2.75, 3.05) is 19.6 Å². The highest BCUT2D eigenvalue weighted by molar-refractivity contribution is 7.18. The normalized spacial score (nSPS) is 20.8. The highest BCUT2D eigenvalue weighted by Gasteiger charge is 2.54. The van der Waals surface area contributed by atoms with Gasteiger partial charge in [0.1, 0.15) is 28.3 Å². The van der Waals surface area contributed by atoms with Gasteiger partial charge in [-0.15, -0.1) is 11.3 Å². The number of aromatic nitrogens is 1. The minimum atomic E-state index is -1.39. The molecule has 4 atom stereocenters. The fourth-order valence-electron chi connectivity index (χ4n) is 5.91. The SMILES string of the molecule is CC(C)(C)OC(=O)NC1(Cc2ccccc2)CCN2CCC(C(=O)NC(CNC(=O)N=C(N)N)C(O)c3nc4ccccc4s3)N2C1=O. The molecule has 0 radical (unpaired) electrons. The molecule has 8 N–H and O–H groups in total. The second kappa shape index (κ2) is 14.1. The highest BCUT2D eigenvalue weighted by Crippen LogP contribution is 2.34. The predicted molar refractivity (Wildman–Crippen MR) is 179 cm³/mol. The number of hydrogen-bond donors (Lipinski definition) is 6. The van der Waals surface area contributed by atoms with Gasteiger partial charge in [-0.25, -0.2) is 19.6 Å². The minimum Gasteiger partial charge on any atom is -0.444 e. The number of alkyl carbamates (subject to hydrolysis) is 1. The number of benzene rings is 2. The number of rotatable bonds is 9. The number of amides is 5. The molecule has 256 valence electrons. The molecule has 0 spiro atoms. The van der Waals surface area contributed by atoms with Gasteiger partial charge in [0, 0.05) is 26.1 Å². The molecule has 48 heavy (non-hydrogen) atoms. The maximum Gasteiger partial charge on any atom is 0.408 e. The third-order valence-electron chi connectivity index (χ3n) is 8.04. The molecular weight excluding hydrogens is 638 g/mol. The number of nitrogens with zero attached hydrogens (tertiary/aromatic N) is 4. The van der Waals surface area contributed by atoms with Crippen LogP contribution in [0.15, 0.2) is 59.6 Å². The van der Waals surface area contributed by atoms with Crippen LogP contribution in [0.25, 0.3) is 10.2 Å². The number of aliphatic hydroxyl groups excluding tert-OH is 1. The first-order valence-corrected chi connectivity index (χ1v) is 16.4. The molecule has 5 rings (SSSR count). The number of hydrazine groups is 1. The van der Waals surface area contributed by atoms with Crippen molar-refractivity contribution in [3.63, 3.8) is 0 Å². The smallest absolute Gasteiger partial charge is 0.408 e. The molecule has 0 saturated carbocycles. The zero-order chi connectivity index (χ0) is 34.6. The lowest BCUT2D eigenvalue weighted by Crippen LogP contribution is -2.70. The van der Waals surface area contributed by atoms with E-state index in [9.17, 15) is 24.3 Å². The first-order valence-electron chi connectivity index (χ1n) is 15.6. The largest absolute Gasteiger partial charge is 0.444 e. The molecule has 15 nitrogen and oxygen atoms in total. The summed E-state index contributed by atoms with van der Waals surface area (Å²) in [5.41, 5.74) is 9.96. The van der Waals surface area contributed by atoms with E-state index in [1.165, 1.54) is 16.3 Å². The van der Waals surface area contributed by atoms with Crippen molar-refractivity contribution in [1.82, 2.24) is 31.0 Å². The summed E-state index contributed by atoms with van der Waals surface area (Å²) < 4.78 is 6.38. The second-order valence-electron chi connectivity index (χ2n) is 12.8. The number of nitrogens with two attached hydrogens (primary N) is 2. The average Bonchev–Trinajstić information content (AvgIpc) is 3.65. The van der Waals surface area contributed by atoms with Gasteiger partial charge in [0.05, 0.1) is 16.3 Å². The summed E-state index contributed by atoms with van der Waals surface area (Å²) in [6.07, 6.45) is -1.29. The molecule has 0 bridgehead atoms. The first-order chi connectivity index (χ1) is 22.7. The van der Waals surface area contributed by atoms with Gasteiger partial charge < -0.3 is 37.3 Å². The Hall–Kier alpha value is -4.80. The van der Waals surface area contributed by atoms with Gasteiger partial charge in [0.25, 0.3) is 5.91 Å². The van der Waals surface area contributed by atoms with Crippen LogP contribution in [0.4, 0.5) is 9.59 Å². The summed E-state index contributed by atoms with van der Waals surface area (Å²) in [6, 6.07) is 13.8. The molecule has 1 aromatic heterocycles. The van der Waals surface area contributed by atoms with Crippen LogP contribution >= 0.6 is 11.3 Å². The van der Waals surface area contributed by atoms with Crippen LogP contribution in [-0.4, -0.2) is 92.9 Å². The molecule has 3 heterocycles. The molecule has 4 unspecified atom stereocenters. The van der Waals surface area contributed by atoms with Crippen LogP contribution in [0.2, 0.25) is 0 Å². The van der Waals surface area contributed by atoms with Crippen molar-refractivity contribution in [3.05, 3.63) is 65.2 Å². The summed E-state index contributed by atoms with van der Waals surface area (Å²) in [5, 5.41) is 23.2. The second-order valence-corrected chi connectivity index (χ2v) is 13.9. The average molecular weight is 680 g/mol. The number of ether oxygens (including phenoxy) is 1. The van der Waals surface area contributed by atoms with Crippen LogP contribution in [0.3, 0.4) is 0 Å². The molecule has 3 aromatic rings. The van der Waals surface area contributed by atoms with E-state index in [1.54, 1.807) is 31.8 Å². The van der Waals surface area contributed by atoms with Gasteiger partial charge in [-0.3, -0.25) is 14.6 Å². The number of guanidine groups is 1. The van der Waals surface area contributed by atoms with E-state index in [2.05, 4.69) is 25.9 Å². The Bertz CT molecular complexity index is 1660. The van der Waals surface area contributed by atoms with Crippen molar-refractivity contribution >= 4 is 51.5 Å². The highest BCUT2D eigenvalue weighted by atomic mass is 32.1. The van der Waals surface area contributed by atoms with Crippen LogP contribution in [0.1, 0.15) is 50.3 Å². The number of fused-ring (bicyclic) bond motifs is 2. The van der Waals surface area contributed by atoms with Crippen molar-refractivity contribution < 1.29 is 29.0 Å². The third kappa shape index (κ3) is 8.00. The Balaban J connectivity index is 1.40. The van der Waals surface area contributed by atoms with E-state index >= 15 is 0 Å². The molecular formula is C32H41N9O6S. The lowest BCUT2D eigenvalue weighted by atomic mass is 9.84. The number of hydrogen-bond acceptors (Lipinski definition) is 9. The summed E-state index contributed by atoms with van der Waals surface area (Å²) in [5.74, 6) is -1.46. The summed E-state index contributed by atoms with van der Waals surface area (Å²) in [7, 11) is 0. The minimum absolute atomic E-state index is 0.181. The zero-order valence-electron chi connectivity index (χ0n) is 27.0. The van der Waals surface area contributed by atoms with Gasteiger partial charge in [-0.05, 0) is 51.3 Å². The standard InChI is InChI=1S/C32H41N9O6S/c1-31(2,3)47-30(46)39-32(17-19-9-5-4-6-10-19)14-16-40-15-13-22(41(40)27(32)44)25(43)36-21(18-35-29(45)38-28(33)34)24(42)26-37-20-11-7-8-12-23(20)48-26/h4-12,21-22,24,42H,13-18H2,1-3H3,(H,36,43)(H,39,46)(H5,33,34,35,38,45). The van der Waals surface area contributed by atoms with E-state index < -0.39 is 59.2 Å². The molecule has 2 aliphatic rings. The molecule has 2 aliphatic heterocycles. The van der Waals surface area contributed by atoms with E-state index in [0.717, 1.165) is 10.3 Å². The maximum atomic E-state index is 14.5. The van der Waals surface area contributed by atoms with Crippen LogP contribution in [-0.2, 0) is 20.7 Å². The van der Waals surface area contributed by atoms with Crippen LogP contribution in [0, 0.1) is 0 Å².